The second-order valence-electron chi connectivity index (χ2n) is 7.62. The van der Waals surface area contributed by atoms with Crippen LogP contribution >= 0.6 is 0 Å². The van der Waals surface area contributed by atoms with Gasteiger partial charge < -0.3 is 0 Å². The van der Waals surface area contributed by atoms with E-state index < -0.39 is 0 Å². The van der Waals surface area contributed by atoms with Crippen LogP contribution in [0.25, 0.3) is 28.1 Å². The van der Waals surface area contributed by atoms with Gasteiger partial charge in [-0.1, -0.05) is 78.9 Å². The van der Waals surface area contributed by atoms with Crippen molar-refractivity contribution >= 4 is 28.4 Å². The molecule has 6 rings (SSSR count). The lowest BCUT2D eigenvalue weighted by Gasteiger charge is -2.32. The van der Waals surface area contributed by atoms with E-state index in [0.29, 0.717) is 22.4 Å². The molecule has 1 aliphatic heterocycles. The highest BCUT2D eigenvalue weighted by atomic mass is 16.1. The lowest BCUT2D eigenvalue weighted by Crippen LogP contribution is -2.44. The molecule has 33 heavy (non-hydrogen) atoms. The van der Waals surface area contributed by atoms with Crippen molar-refractivity contribution in [2.45, 2.75) is 0 Å². The maximum absolute atomic E-state index is 13.5. The number of aromatic nitrogens is 4. The first-order valence-electron chi connectivity index (χ1n) is 10.5. The first-order chi connectivity index (χ1) is 16.2. The SMILES string of the molecule is NN1C(c2ccccc2)=C(c2ccccc2)Nn2c1nc1c(cnn1-c1ccccc1)c2=O. The number of hydrogen-bond acceptors (Lipinski definition) is 6. The Morgan fingerprint density at radius 1 is 0.788 bits per heavy atom. The summed E-state index contributed by atoms with van der Waals surface area (Å²) < 4.78 is 3.01. The lowest BCUT2D eigenvalue weighted by molar-refractivity contribution is 0.811. The smallest absolute Gasteiger partial charge is 0.285 e. The van der Waals surface area contributed by atoms with Crippen LogP contribution in [0.1, 0.15) is 11.1 Å². The minimum absolute atomic E-state index is 0.267. The van der Waals surface area contributed by atoms with Crippen molar-refractivity contribution in [3.05, 3.63) is 119 Å². The van der Waals surface area contributed by atoms with E-state index in [-0.39, 0.29) is 11.5 Å². The quantitative estimate of drug-likeness (QED) is 0.424. The number of anilines is 1. The standard InChI is InChI=1S/C25H19N7O/c26-30-22(18-12-6-2-7-13-18)21(17-10-4-1-5-11-17)29-32-24(33)20-16-27-31(23(20)28-25(30)32)19-14-8-3-9-15-19/h1-16,29H,26H2. The van der Waals surface area contributed by atoms with Crippen molar-refractivity contribution in [2.24, 2.45) is 5.84 Å². The van der Waals surface area contributed by atoms with E-state index in [9.17, 15) is 4.79 Å². The van der Waals surface area contributed by atoms with Crippen LogP contribution in [0, 0.1) is 0 Å². The third-order valence-electron chi connectivity index (χ3n) is 5.61. The number of nitrogens with zero attached hydrogens (tertiary/aromatic N) is 5. The fourth-order valence-corrected chi connectivity index (χ4v) is 4.05. The molecule has 8 nitrogen and oxygen atoms in total. The van der Waals surface area contributed by atoms with Crippen molar-refractivity contribution in [1.29, 1.82) is 0 Å². The number of rotatable bonds is 3. The van der Waals surface area contributed by atoms with E-state index in [1.807, 2.05) is 91.0 Å². The summed E-state index contributed by atoms with van der Waals surface area (Å²) in [5, 5.41) is 6.26. The molecule has 5 aromatic rings. The molecule has 2 aromatic heterocycles. The second-order valence-corrected chi connectivity index (χ2v) is 7.62. The van der Waals surface area contributed by atoms with E-state index in [4.69, 9.17) is 10.8 Å². The van der Waals surface area contributed by atoms with Gasteiger partial charge in [-0.25, -0.2) is 15.5 Å². The second kappa shape index (κ2) is 7.47. The van der Waals surface area contributed by atoms with Gasteiger partial charge in [-0.2, -0.15) is 14.8 Å². The van der Waals surface area contributed by atoms with Crippen LogP contribution in [0.2, 0.25) is 0 Å². The Morgan fingerprint density at radius 3 is 2.06 bits per heavy atom. The molecule has 8 heteroatoms. The first kappa shape index (κ1) is 19.0. The van der Waals surface area contributed by atoms with Gasteiger partial charge >= 0.3 is 0 Å². The van der Waals surface area contributed by atoms with Gasteiger partial charge in [-0.3, -0.25) is 10.2 Å². The lowest BCUT2D eigenvalue weighted by atomic mass is 10.0. The van der Waals surface area contributed by atoms with Gasteiger partial charge in [0, 0.05) is 11.1 Å². The highest BCUT2D eigenvalue weighted by Crippen LogP contribution is 2.33. The molecule has 160 valence electrons. The number of para-hydroxylation sites is 1. The van der Waals surface area contributed by atoms with Crippen molar-refractivity contribution in [2.75, 3.05) is 10.4 Å². The van der Waals surface area contributed by atoms with E-state index in [2.05, 4.69) is 10.5 Å². The summed E-state index contributed by atoms with van der Waals surface area (Å²) in [6.07, 6.45) is 1.53. The predicted octanol–water partition coefficient (Wildman–Crippen LogP) is 3.35. The van der Waals surface area contributed by atoms with Crippen LogP contribution in [0.5, 0.6) is 0 Å². The molecule has 0 fully saturated rings. The molecule has 0 unspecified atom stereocenters. The number of nitrogens with two attached hydrogens (primary N) is 1. The summed E-state index contributed by atoms with van der Waals surface area (Å²) in [4.78, 5) is 18.3. The van der Waals surface area contributed by atoms with Crippen LogP contribution in [0.3, 0.4) is 0 Å². The maximum Gasteiger partial charge on any atom is 0.285 e. The minimum Gasteiger partial charge on any atom is -0.286 e. The van der Waals surface area contributed by atoms with Crippen molar-refractivity contribution < 1.29 is 0 Å². The van der Waals surface area contributed by atoms with Crippen molar-refractivity contribution in [3.63, 3.8) is 0 Å². The van der Waals surface area contributed by atoms with E-state index in [1.54, 1.807) is 4.68 Å². The predicted molar refractivity (Wildman–Crippen MR) is 129 cm³/mol. The zero-order valence-corrected chi connectivity index (χ0v) is 17.5. The molecule has 0 saturated heterocycles. The van der Waals surface area contributed by atoms with E-state index in [0.717, 1.165) is 16.8 Å². The first-order valence-corrected chi connectivity index (χ1v) is 10.5. The number of hydrazine groups is 1. The third-order valence-corrected chi connectivity index (χ3v) is 5.61. The van der Waals surface area contributed by atoms with Crippen LogP contribution in [0.4, 0.5) is 5.95 Å². The zero-order valence-electron chi connectivity index (χ0n) is 17.5. The average molecular weight is 433 g/mol. The van der Waals surface area contributed by atoms with Crippen LogP contribution < -0.4 is 21.8 Å². The van der Waals surface area contributed by atoms with Gasteiger partial charge in [0.25, 0.3) is 5.56 Å². The molecule has 3 N–H and O–H groups in total. The third kappa shape index (κ3) is 3.00. The average Bonchev–Trinajstić information content (AvgIpc) is 3.30. The molecule has 0 aliphatic carbocycles. The van der Waals surface area contributed by atoms with Gasteiger partial charge in [0.1, 0.15) is 5.39 Å². The highest BCUT2D eigenvalue weighted by molar-refractivity contribution is 5.99. The fraction of sp³-hybridized carbons (Fsp3) is 0. The summed E-state index contributed by atoms with van der Waals surface area (Å²) >= 11 is 0. The largest absolute Gasteiger partial charge is 0.286 e. The molecule has 0 radical (unpaired) electrons. The Hall–Kier alpha value is -4.69. The monoisotopic (exact) mass is 433 g/mol. The maximum atomic E-state index is 13.5. The molecule has 3 heterocycles. The molecule has 0 saturated carbocycles. The normalized spacial score (nSPS) is 13.2. The van der Waals surface area contributed by atoms with Crippen molar-refractivity contribution in [3.8, 4) is 5.69 Å². The molecule has 0 spiro atoms. The minimum atomic E-state index is -0.284. The number of benzene rings is 3. The van der Waals surface area contributed by atoms with Crippen molar-refractivity contribution in [1.82, 2.24) is 19.4 Å². The zero-order chi connectivity index (χ0) is 22.4. The Kier molecular flexibility index (Phi) is 4.31. The molecule has 0 atom stereocenters. The summed E-state index contributed by atoms with van der Waals surface area (Å²) in [6.45, 7) is 0. The Bertz CT molecular complexity index is 1560. The molecule has 3 aromatic carbocycles. The molecule has 1 aliphatic rings. The summed E-state index contributed by atoms with van der Waals surface area (Å²) in [7, 11) is 0. The number of fused-ring (bicyclic) bond motifs is 2. The summed E-state index contributed by atoms with van der Waals surface area (Å²) in [6, 6.07) is 29.1. The van der Waals surface area contributed by atoms with Crippen LogP contribution in [-0.2, 0) is 0 Å². The molecule has 0 bridgehead atoms. The summed E-state index contributed by atoms with van der Waals surface area (Å²) in [5.74, 6) is 6.92. The Balaban J connectivity index is 1.61. The molecular weight excluding hydrogens is 414 g/mol. The highest BCUT2D eigenvalue weighted by Gasteiger charge is 2.29. The molecular formula is C25H19N7O. The number of hydrogen-bond donors (Lipinski definition) is 2. The van der Waals surface area contributed by atoms with E-state index >= 15 is 0 Å². The van der Waals surface area contributed by atoms with Gasteiger partial charge in [0.05, 0.1) is 23.3 Å². The molecule has 0 amide bonds. The Labute approximate surface area is 188 Å². The van der Waals surface area contributed by atoms with Gasteiger partial charge in [0.2, 0.25) is 5.95 Å². The van der Waals surface area contributed by atoms with Gasteiger partial charge in [-0.05, 0) is 12.1 Å². The van der Waals surface area contributed by atoms with Gasteiger partial charge in [-0.15, -0.1) is 0 Å². The Morgan fingerprint density at radius 2 is 1.39 bits per heavy atom. The number of nitrogens with one attached hydrogen (secondary N) is 1. The van der Waals surface area contributed by atoms with Crippen LogP contribution in [0.15, 0.2) is 102 Å². The van der Waals surface area contributed by atoms with Crippen LogP contribution in [-0.4, -0.2) is 19.4 Å². The van der Waals surface area contributed by atoms with E-state index in [1.165, 1.54) is 15.9 Å². The fourth-order valence-electron chi connectivity index (χ4n) is 4.05. The van der Waals surface area contributed by atoms with Gasteiger partial charge in [0.15, 0.2) is 5.65 Å². The summed E-state index contributed by atoms with van der Waals surface area (Å²) in [5.41, 5.74) is 7.42. The topological polar surface area (TPSA) is 94.0 Å².